The van der Waals surface area contributed by atoms with Crippen molar-refractivity contribution in [2.45, 2.75) is 69.1 Å². The van der Waals surface area contributed by atoms with Crippen LogP contribution < -0.4 is 9.80 Å². The Kier molecular flexibility index (Phi) is 8.78. The van der Waals surface area contributed by atoms with Gasteiger partial charge in [-0.1, -0.05) is 49.6 Å². The van der Waals surface area contributed by atoms with E-state index >= 15 is 0 Å². The summed E-state index contributed by atoms with van der Waals surface area (Å²) in [5.41, 5.74) is 1.21. The molecular weight excluding hydrogens is 601 g/mol. The lowest BCUT2D eigenvalue weighted by Gasteiger charge is -2.44. The van der Waals surface area contributed by atoms with E-state index in [1.54, 1.807) is 23.1 Å². The van der Waals surface area contributed by atoms with Crippen LogP contribution in [0, 0.1) is 5.92 Å². The molecule has 3 atom stereocenters. The molecule has 2 saturated heterocycles. The second kappa shape index (κ2) is 12.6. The molecule has 1 amide bonds. The summed E-state index contributed by atoms with van der Waals surface area (Å²) in [7, 11) is -4.04. The average molecular weight is 639 g/mol. The van der Waals surface area contributed by atoms with Crippen LogP contribution in [0.15, 0.2) is 59.6 Å². The first-order valence-electron chi connectivity index (χ1n) is 15.2. The minimum atomic E-state index is -4.04. The highest BCUT2D eigenvalue weighted by Crippen LogP contribution is 2.42. The van der Waals surface area contributed by atoms with Crippen molar-refractivity contribution in [1.29, 1.82) is 0 Å². The maximum Gasteiger partial charge on any atom is 0.348 e. The maximum atomic E-state index is 14.0. The number of thiophene rings is 1. The third-order valence-electron chi connectivity index (χ3n) is 8.82. The number of anilines is 2. The molecule has 0 spiro atoms. The van der Waals surface area contributed by atoms with Crippen LogP contribution >= 0.6 is 11.3 Å². The summed E-state index contributed by atoms with van der Waals surface area (Å²) in [4.78, 5) is 35.4. The standard InChI is InChI=1S/C32H38N4O6S2/c1-21-17-34(18-22(2)42-21)29-14-13-25(16-33-29)44(40,41)35-19-27(23-9-5-3-6-10-23)36(30(37)20-35)26-15-28(43-31(26)32(38)39)24-11-7-4-8-12-24/h4,7-8,11-16,21-23,27H,3,5-6,9-10,17-20H2,1-2H3,(H,38,39)/t21-,22+,27-/m0/s1. The minimum absolute atomic E-state index is 0.0346. The number of aromatic carboxylic acids is 1. The number of nitrogens with zero attached hydrogens (tertiary/aromatic N) is 4. The van der Waals surface area contributed by atoms with Crippen LogP contribution in [0.25, 0.3) is 10.4 Å². The van der Waals surface area contributed by atoms with Gasteiger partial charge in [0.05, 0.1) is 30.5 Å². The van der Waals surface area contributed by atoms with Gasteiger partial charge >= 0.3 is 5.97 Å². The number of hydrogen-bond acceptors (Lipinski definition) is 8. The zero-order valence-corrected chi connectivity index (χ0v) is 26.6. The third kappa shape index (κ3) is 6.13. The Morgan fingerprint density at radius 1 is 1.00 bits per heavy atom. The van der Waals surface area contributed by atoms with Gasteiger partial charge in [-0.05, 0) is 56.4 Å². The Morgan fingerprint density at radius 2 is 1.70 bits per heavy atom. The number of carbonyl (C=O) groups is 2. The van der Waals surface area contributed by atoms with E-state index < -0.39 is 27.9 Å². The van der Waals surface area contributed by atoms with Gasteiger partial charge in [-0.15, -0.1) is 11.3 Å². The molecule has 2 aromatic heterocycles. The highest BCUT2D eigenvalue weighted by atomic mass is 32.2. The van der Waals surface area contributed by atoms with E-state index in [1.807, 2.05) is 44.2 Å². The number of rotatable bonds is 7. The largest absolute Gasteiger partial charge is 0.477 e. The predicted molar refractivity (Wildman–Crippen MR) is 170 cm³/mol. The van der Waals surface area contributed by atoms with Gasteiger partial charge < -0.3 is 19.6 Å². The zero-order valence-electron chi connectivity index (χ0n) is 25.0. The number of ether oxygens (including phenoxy) is 1. The predicted octanol–water partition coefficient (Wildman–Crippen LogP) is 5.11. The van der Waals surface area contributed by atoms with E-state index in [4.69, 9.17) is 4.74 Å². The molecule has 1 N–H and O–H groups in total. The van der Waals surface area contributed by atoms with Crippen LogP contribution in [0.4, 0.5) is 11.5 Å². The van der Waals surface area contributed by atoms with Crippen LogP contribution in [0.2, 0.25) is 0 Å². The topological polar surface area (TPSA) is 120 Å². The highest BCUT2D eigenvalue weighted by Gasteiger charge is 2.44. The summed E-state index contributed by atoms with van der Waals surface area (Å²) in [6, 6.07) is 14.0. The number of carboxylic acid groups (broad SMARTS) is 1. The van der Waals surface area contributed by atoms with Crippen molar-refractivity contribution in [3.05, 3.63) is 59.6 Å². The van der Waals surface area contributed by atoms with Gasteiger partial charge in [0, 0.05) is 30.7 Å². The molecule has 6 rings (SSSR count). The average Bonchev–Trinajstić information content (AvgIpc) is 3.47. The van der Waals surface area contributed by atoms with Crippen molar-refractivity contribution in [2.24, 2.45) is 5.92 Å². The summed E-state index contributed by atoms with van der Waals surface area (Å²) >= 11 is 1.14. The van der Waals surface area contributed by atoms with Gasteiger partial charge in [0.15, 0.2) is 0 Å². The first kappa shape index (κ1) is 30.7. The molecule has 4 heterocycles. The van der Waals surface area contributed by atoms with Crippen LogP contribution in [-0.2, 0) is 19.6 Å². The number of aromatic nitrogens is 1. The molecule has 1 saturated carbocycles. The lowest BCUT2D eigenvalue weighted by atomic mass is 9.82. The van der Waals surface area contributed by atoms with Crippen LogP contribution in [-0.4, -0.2) is 79.1 Å². The molecule has 0 unspecified atom stereocenters. The molecule has 10 nitrogen and oxygen atoms in total. The van der Waals surface area contributed by atoms with E-state index in [9.17, 15) is 23.1 Å². The van der Waals surface area contributed by atoms with Crippen molar-refractivity contribution >= 4 is 44.7 Å². The van der Waals surface area contributed by atoms with Gasteiger partial charge in [-0.3, -0.25) is 4.79 Å². The normalized spacial score (nSPS) is 24.0. The van der Waals surface area contributed by atoms with E-state index in [0.29, 0.717) is 24.6 Å². The van der Waals surface area contributed by atoms with Crippen molar-refractivity contribution in [1.82, 2.24) is 9.29 Å². The molecule has 0 radical (unpaired) electrons. The van der Waals surface area contributed by atoms with Gasteiger partial charge in [-0.25, -0.2) is 18.2 Å². The molecular formula is C32H38N4O6S2. The molecule has 234 valence electrons. The second-order valence-corrected chi connectivity index (χ2v) is 15.0. The number of amides is 1. The first-order chi connectivity index (χ1) is 21.1. The van der Waals surface area contributed by atoms with E-state index in [1.165, 1.54) is 10.5 Å². The SMILES string of the molecule is C[C@@H]1CN(c2ccc(S(=O)(=O)N3CC(=O)N(c4cc(-c5ccccc5)sc4C(=O)O)[C@H](C4CCCCC4)C3)cn2)C[C@H](C)O1. The molecule has 3 aromatic rings. The second-order valence-electron chi connectivity index (χ2n) is 12.0. The molecule has 44 heavy (non-hydrogen) atoms. The van der Waals surface area contributed by atoms with Crippen LogP contribution in [0.1, 0.15) is 55.6 Å². The molecule has 3 fully saturated rings. The van der Waals surface area contributed by atoms with E-state index in [-0.39, 0.29) is 41.0 Å². The number of pyridine rings is 1. The van der Waals surface area contributed by atoms with E-state index in [0.717, 1.165) is 53.9 Å². The summed E-state index contributed by atoms with van der Waals surface area (Å²) in [5.74, 6) is -0.790. The monoisotopic (exact) mass is 638 g/mol. The summed E-state index contributed by atoms with van der Waals surface area (Å²) in [6.07, 6.45) is 6.23. The lowest BCUT2D eigenvalue weighted by molar-refractivity contribution is -0.121. The minimum Gasteiger partial charge on any atom is -0.477 e. The van der Waals surface area contributed by atoms with Gasteiger partial charge in [0.2, 0.25) is 15.9 Å². The molecule has 12 heteroatoms. The first-order valence-corrected chi connectivity index (χ1v) is 17.5. The highest BCUT2D eigenvalue weighted by molar-refractivity contribution is 7.89. The summed E-state index contributed by atoms with van der Waals surface area (Å²) < 4.78 is 35.0. The Labute approximate surface area is 262 Å². The van der Waals surface area contributed by atoms with Crippen molar-refractivity contribution in [3.8, 4) is 10.4 Å². The fraction of sp³-hybridized carbons (Fsp3) is 0.469. The lowest BCUT2D eigenvalue weighted by Crippen LogP contribution is -2.60. The van der Waals surface area contributed by atoms with E-state index in [2.05, 4.69) is 9.88 Å². The Hall–Kier alpha value is -3.32. The summed E-state index contributed by atoms with van der Waals surface area (Å²) in [6.45, 7) is 5.04. The number of piperazine rings is 1. The molecule has 3 aliphatic rings. The Morgan fingerprint density at radius 3 is 2.34 bits per heavy atom. The maximum absolute atomic E-state index is 14.0. The van der Waals surface area contributed by atoms with Crippen molar-refractivity contribution in [3.63, 3.8) is 0 Å². The van der Waals surface area contributed by atoms with Crippen LogP contribution in [0.3, 0.4) is 0 Å². The molecule has 0 bridgehead atoms. The number of benzene rings is 1. The number of sulfonamides is 1. The summed E-state index contributed by atoms with van der Waals surface area (Å²) in [5, 5.41) is 10.2. The molecule has 2 aliphatic heterocycles. The number of hydrogen-bond donors (Lipinski definition) is 1. The Bertz CT molecular complexity index is 1600. The quantitative estimate of drug-likeness (QED) is 0.379. The number of carbonyl (C=O) groups excluding carboxylic acids is 1. The van der Waals surface area contributed by atoms with Crippen molar-refractivity contribution < 1.29 is 27.9 Å². The van der Waals surface area contributed by atoms with Crippen molar-refractivity contribution in [2.75, 3.05) is 36.0 Å². The number of carboxylic acids is 1. The van der Waals surface area contributed by atoms with Gasteiger partial charge in [0.1, 0.15) is 15.6 Å². The third-order valence-corrected chi connectivity index (χ3v) is 11.8. The Balaban J connectivity index is 1.31. The molecule has 1 aromatic carbocycles. The number of morpholine rings is 1. The van der Waals surface area contributed by atoms with Crippen LogP contribution in [0.5, 0.6) is 0 Å². The fourth-order valence-corrected chi connectivity index (χ4v) is 9.17. The molecule has 1 aliphatic carbocycles. The smallest absolute Gasteiger partial charge is 0.348 e. The van der Waals surface area contributed by atoms with Gasteiger partial charge in [0.25, 0.3) is 0 Å². The van der Waals surface area contributed by atoms with Gasteiger partial charge in [-0.2, -0.15) is 4.31 Å². The zero-order chi connectivity index (χ0) is 31.0. The fourth-order valence-electron chi connectivity index (χ4n) is 6.83.